The molecule has 1 saturated heterocycles. The van der Waals surface area contributed by atoms with Crippen molar-refractivity contribution >= 4 is 44.9 Å². The Bertz CT molecular complexity index is 1220. The summed E-state index contributed by atoms with van der Waals surface area (Å²) in [6.45, 7) is 1.83. The molecule has 2 aliphatic rings. The molecule has 1 N–H and O–H groups in total. The summed E-state index contributed by atoms with van der Waals surface area (Å²) in [5, 5.41) is 10.5. The lowest BCUT2D eigenvalue weighted by molar-refractivity contribution is -0.182. The molecule has 1 amide bonds. The molecule has 1 saturated carbocycles. The predicted molar refractivity (Wildman–Crippen MR) is 138 cm³/mol. The minimum atomic E-state index is -3.44. The van der Waals surface area contributed by atoms with Crippen molar-refractivity contribution in [2.24, 2.45) is 5.92 Å². The zero-order valence-electron chi connectivity index (χ0n) is 19.8. The first-order chi connectivity index (χ1) is 17.1. The molecule has 4 atom stereocenters. The van der Waals surface area contributed by atoms with Crippen LogP contribution < -0.4 is 0 Å². The summed E-state index contributed by atoms with van der Waals surface area (Å²) < 4.78 is 32.3. The predicted octanol–water partition coefficient (Wildman–Crippen LogP) is 5.08. The number of carbonyl (C=O) groups excluding carboxylic acids is 1. The van der Waals surface area contributed by atoms with Crippen LogP contribution in [0.2, 0.25) is 10.0 Å². The Hall–Kier alpha value is -2.13. The lowest BCUT2D eigenvalue weighted by Crippen LogP contribution is -2.56. The fourth-order valence-electron chi connectivity index (χ4n) is 4.80. The number of amides is 1. The number of carboxylic acid groups (broad SMARTS) is 1. The second-order valence-corrected chi connectivity index (χ2v) is 12.5. The van der Waals surface area contributed by atoms with Gasteiger partial charge in [-0.2, -0.15) is 0 Å². The lowest BCUT2D eigenvalue weighted by atomic mass is 9.89. The Kier molecular flexibility index (Phi) is 8.29. The average Bonchev–Trinajstić information content (AvgIpc) is 3.62. The SMILES string of the molecule is CC[C@H](CS(=O)(=O)CC1CC1)N1C(=O)[C@H](CC(=O)O)O[C@H](c2cccc(Cl)c2)[C@H]1c1ccc(Cl)cc1. The normalized spacial score (nSPS) is 23.5. The van der Waals surface area contributed by atoms with Gasteiger partial charge in [0.15, 0.2) is 9.84 Å². The fraction of sp³-hybridized carbons (Fsp3) is 0.462. The summed E-state index contributed by atoms with van der Waals surface area (Å²) in [6, 6.07) is 12.6. The molecule has 1 aliphatic heterocycles. The summed E-state index contributed by atoms with van der Waals surface area (Å²) in [6.07, 6.45) is -0.399. The molecule has 7 nitrogen and oxygen atoms in total. The Labute approximate surface area is 221 Å². The van der Waals surface area contributed by atoms with Gasteiger partial charge in [-0.1, -0.05) is 54.4 Å². The van der Waals surface area contributed by atoms with Crippen LogP contribution in [0, 0.1) is 5.92 Å². The maximum absolute atomic E-state index is 13.8. The number of rotatable bonds is 10. The van der Waals surface area contributed by atoms with Gasteiger partial charge in [-0.25, -0.2) is 8.42 Å². The molecular formula is C26H29Cl2NO6S. The van der Waals surface area contributed by atoms with Gasteiger partial charge in [0.2, 0.25) is 0 Å². The van der Waals surface area contributed by atoms with Crippen LogP contribution in [-0.4, -0.2) is 54.0 Å². The molecule has 2 fully saturated rings. The first-order valence-corrected chi connectivity index (χ1v) is 14.6. The van der Waals surface area contributed by atoms with Gasteiger partial charge in [0.05, 0.1) is 24.0 Å². The summed E-state index contributed by atoms with van der Waals surface area (Å²) in [7, 11) is -3.44. The van der Waals surface area contributed by atoms with Gasteiger partial charge in [-0.05, 0) is 60.6 Å². The number of halogens is 2. The van der Waals surface area contributed by atoms with E-state index in [0.717, 1.165) is 12.8 Å². The van der Waals surface area contributed by atoms with Crippen molar-refractivity contribution in [1.82, 2.24) is 4.90 Å². The monoisotopic (exact) mass is 553 g/mol. The third-order valence-corrected chi connectivity index (χ3v) is 9.03. The molecule has 0 spiro atoms. The van der Waals surface area contributed by atoms with E-state index in [1.165, 1.54) is 4.90 Å². The Morgan fingerprint density at radius 3 is 2.39 bits per heavy atom. The molecule has 1 aliphatic carbocycles. The molecule has 0 bridgehead atoms. The quantitative estimate of drug-likeness (QED) is 0.440. The van der Waals surface area contributed by atoms with Crippen LogP contribution in [0.3, 0.4) is 0 Å². The van der Waals surface area contributed by atoms with E-state index in [1.54, 1.807) is 48.5 Å². The highest BCUT2D eigenvalue weighted by atomic mass is 35.5. The van der Waals surface area contributed by atoms with E-state index in [2.05, 4.69) is 0 Å². The topological polar surface area (TPSA) is 101 Å². The third-order valence-electron chi connectivity index (χ3n) is 6.67. The van der Waals surface area contributed by atoms with Crippen LogP contribution >= 0.6 is 23.2 Å². The van der Waals surface area contributed by atoms with Crippen LogP contribution in [-0.2, 0) is 24.2 Å². The number of carboxylic acids is 1. The zero-order chi connectivity index (χ0) is 26.0. The molecule has 0 aromatic heterocycles. The number of nitrogens with zero attached hydrogens (tertiary/aromatic N) is 1. The number of morpholine rings is 1. The molecule has 10 heteroatoms. The van der Waals surface area contributed by atoms with Crippen LogP contribution in [0.5, 0.6) is 0 Å². The van der Waals surface area contributed by atoms with Crippen molar-refractivity contribution in [1.29, 1.82) is 0 Å². The highest BCUT2D eigenvalue weighted by molar-refractivity contribution is 7.91. The molecule has 194 valence electrons. The van der Waals surface area contributed by atoms with Crippen molar-refractivity contribution in [3.05, 3.63) is 69.7 Å². The number of ether oxygens (including phenoxy) is 1. The largest absolute Gasteiger partial charge is 0.481 e. The summed E-state index contributed by atoms with van der Waals surface area (Å²) in [4.78, 5) is 26.9. The molecular weight excluding hydrogens is 525 g/mol. The average molecular weight is 554 g/mol. The summed E-state index contributed by atoms with van der Waals surface area (Å²) in [5.74, 6) is -1.64. The van der Waals surface area contributed by atoms with Gasteiger partial charge in [0.25, 0.3) is 5.91 Å². The molecule has 2 aromatic rings. The number of carbonyl (C=O) groups is 2. The minimum Gasteiger partial charge on any atom is -0.481 e. The molecule has 0 radical (unpaired) electrons. The van der Waals surface area contributed by atoms with Gasteiger partial charge in [0.1, 0.15) is 12.2 Å². The van der Waals surface area contributed by atoms with Crippen molar-refractivity contribution < 1.29 is 27.9 Å². The van der Waals surface area contributed by atoms with E-state index in [4.69, 9.17) is 27.9 Å². The van der Waals surface area contributed by atoms with Crippen LogP contribution in [0.4, 0.5) is 0 Å². The minimum absolute atomic E-state index is 0.101. The number of sulfone groups is 1. The molecule has 4 rings (SSSR count). The van der Waals surface area contributed by atoms with E-state index in [9.17, 15) is 23.1 Å². The van der Waals surface area contributed by atoms with Gasteiger partial charge in [0, 0.05) is 16.1 Å². The smallest absolute Gasteiger partial charge is 0.306 e. The molecule has 1 heterocycles. The zero-order valence-corrected chi connectivity index (χ0v) is 22.2. The van der Waals surface area contributed by atoms with Crippen molar-refractivity contribution in [2.45, 2.75) is 56.9 Å². The second-order valence-electron chi connectivity index (χ2n) is 9.52. The van der Waals surface area contributed by atoms with Crippen molar-refractivity contribution in [3.63, 3.8) is 0 Å². The number of hydrogen-bond acceptors (Lipinski definition) is 5. The van der Waals surface area contributed by atoms with Gasteiger partial charge in [-0.3, -0.25) is 9.59 Å². The molecule has 0 unspecified atom stereocenters. The third kappa shape index (κ3) is 6.40. The van der Waals surface area contributed by atoms with Crippen LogP contribution in [0.15, 0.2) is 48.5 Å². The van der Waals surface area contributed by atoms with E-state index in [-0.39, 0.29) is 17.4 Å². The Morgan fingerprint density at radius 1 is 1.11 bits per heavy atom. The first kappa shape index (κ1) is 26.9. The Morgan fingerprint density at radius 2 is 1.81 bits per heavy atom. The van der Waals surface area contributed by atoms with Gasteiger partial charge in [-0.15, -0.1) is 0 Å². The Balaban J connectivity index is 1.82. The summed E-state index contributed by atoms with van der Waals surface area (Å²) in [5.41, 5.74) is 1.36. The van der Waals surface area contributed by atoms with Crippen molar-refractivity contribution in [3.8, 4) is 0 Å². The lowest BCUT2D eigenvalue weighted by Gasteiger charge is -2.48. The molecule has 36 heavy (non-hydrogen) atoms. The number of hydrogen-bond donors (Lipinski definition) is 1. The second kappa shape index (κ2) is 11.1. The first-order valence-electron chi connectivity index (χ1n) is 12.0. The van der Waals surface area contributed by atoms with Gasteiger partial charge < -0.3 is 14.7 Å². The number of aliphatic carboxylic acids is 1. The van der Waals surface area contributed by atoms with E-state index in [0.29, 0.717) is 27.6 Å². The van der Waals surface area contributed by atoms with Crippen LogP contribution in [0.25, 0.3) is 0 Å². The standard InChI is InChI=1S/C26H29Cl2NO6S/c1-2-21(15-36(33,34)14-16-6-7-16)29-24(17-8-10-19(27)11-9-17)25(18-4-3-5-20(28)12-18)35-22(26(29)32)13-23(30)31/h3-5,8-12,16,21-22,24-25H,2,6-7,13-15H2,1H3,(H,30,31)/t21-,22+,24-,25-/m1/s1. The highest BCUT2D eigenvalue weighted by Crippen LogP contribution is 2.45. The van der Waals surface area contributed by atoms with E-state index >= 15 is 0 Å². The highest BCUT2D eigenvalue weighted by Gasteiger charge is 2.48. The van der Waals surface area contributed by atoms with E-state index in [1.807, 2.05) is 6.92 Å². The maximum Gasteiger partial charge on any atom is 0.306 e. The number of benzene rings is 2. The van der Waals surface area contributed by atoms with Crippen LogP contribution in [0.1, 0.15) is 55.9 Å². The van der Waals surface area contributed by atoms with Gasteiger partial charge >= 0.3 is 5.97 Å². The molecule has 2 aromatic carbocycles. The maximum atomic E-state index is 13.8. The van der Waals surface area contributed by atoms with Crippen molar-refractivity contribution in [2.75, 3.05) is 11.5 Å². The van der Waals surface area contributed by atoms with E-state index < -0.39 is 52.4 Å². The summed E-state index contributed by atoms with van der Waals surface area (Å²) >= 11 is 12.4. The fourth-order valence-corrected chi connectivity index (χ4v) is 7.29.